The predicted molar refractivity (Wildman–Crippen MR) is 113 cm³/mol. The first-order chi connectivity index (χ1) is 13.8. The molecular weight excluding hydrogens is 350 g/mol. The van der Waals surface area contributed by atoms with Crippen molar-refractivity contribution < 1.29 is 4.74 Å². The van der Waals surface area contributed by atoms with Gasteiger partial charge >= 0.3 is 0 Å². The van der Waals surface area contributed by atoms with Crippen LogP contribution in [-0.4, -0.2) is 55.7 Å². The third-order valence-corrected chi connectivity index (χ3v) is 5.35. The van der Waals surface area contributed by atoms with Crippen LogP contribution < -0.4 is 15.0 Å². The minimum absolute atomic E-state index is 0.716. The Kier molecular flexibility index (Phi) is 5.95. The van der Waals surface area contributed by atoms with Crippen LogP contribution in [0.5, 0.6) is 5.75 Å². The van der Waals surface area contributed by atoms with Crippen molar-refractivity contribution in [3.63, 3.8) is 0 Å². The minimum Gasteiger partial charge on any atom is -0.493 e. The number of benzene rings is 1. The van der Waals surface area contributed by atoms with Gasteiger partial charge in [0, 0.05) is 51.5 Å². The summed E-state index contributed by atoms with van der Waals surface area (Å²) in [5.74, 6) is 3.73. The number of pyridine rings is 1. The Balaban J connectivity index is 1.31. The second-order valence-corrected chi connectivity index (χ2v) is 7.42. The Morgan fingerprint density at radius 3 is 2.61 bits per heavy atom. The Morgan fingerprint density at radius 1 is 1.11 bits per heavy atom. The third kappa shape index (κ3) is 4.74. The molecule has 2 aliphatic rings. The zero-order valence-corrected chi connectivity index (χ0v) is 16.6. The summed E-state index contributed by atoms with van der Waals surface area (Å²) in [7, 11) is 1.85. The maximum atomic E-state index is 6.03. The number of anilines is 1. The summed E-state index contributed by atoms with van der Waals surface area (Å²) >= 11 is 0. The Morgan fingerprint density at radius 2 is 1.89 bits per heavy atom. The normalized spacial score (nSPS) is 17.5. The molecule has 1 aliphatic carbocycles. The van der Waals surface area contributed by atoms with Crippen molar-refractivity contribution in [2.45, 2.75) is 19.4 Å². The molecule has 0 radical (unpaired) electrons. The van der Waals surface area contributed by atoms with Crippen molar-refractivity contribution in [2.24, 2.45) is 10.9 Å². The lowest BCUT2D eigenvalue weighted by molar-refractivity contribution is 0.296. The first kappa shape index (κ1) is 18.6. The number of aromatic nitrogens is 1. The number of nitrogens with zero attached hydrogens (tertiary/aromatic N) is 4. The van der Waals surface area contributed by atoms with Gasteiger partial charge in [-0.1, -0.05) is 24.3 Å². The van der Waals surface area contributed by atoms with Crippen LogP contribution in [0, 0.1) is 5.92 Å². The lowest BCUT2D eigenvalue weighted by Gasteiger charge is -2.37. The summed E-state index contributed by atoms with van der Waals surface area (Å²) in [6, 6.07) is 14.4. The molecule has 0 bridgehead atoms. The lowest BCUT2D eigenvalue weighted by Crippen LogP contribution is -2.52. The van der Waals surface area contributed by atoms with E-state index in [4.69, 9.17) is 4.74 Å². The van der Waals surface area contributed by atoms with Gasteiger partial charge in [0.25, 0.3) is 0 Å². The molecule has 6 nitrogen and oxygen atoms in total. The monoisotopic (exact) mass is 379 g/mol. The first-order valence-corrected chi connectivity index (χ1v) is 10.2. The van der Waals surface area contributed by atoms with Crippen molar-refractivity contribution in [1.82, 2.24) is 15.2 Å². The number of piperazine rings is 1. The number of hydrogen-bond acceptors (Lipinski definition) is 4. The molecule has 28 heavy (non-hydrogen) atoms. The van der Waals surface area contributed by atoms with Crippen LogP contribution in [-0.2, 0) is 6.54 Å². The highest BCUT2D eigenvalue weighted by Crippen LogP contribution is 2.30. The zero-order valence-electron chi connectivity index (χ0n) is 16.6. The molecule has 0 spiro atoms. The van der Waals surface area contributed by atoms with E-state index in [1.165, 1.54) is 18.4 Å². The van der Waals surface area contributed by atoms with Crippen LogP contribution >= 0.6 is 0 Å². The highest BCUT2D eigenvalue weighted by Gasteiger charge is 2.23. The number of nitrogens with one attached hydrogen (secondary N) is 1. The minimum atomic E-state index is 0.716. The average molecular weight is 380 g/mol. The fourth-order valence-electron chi connectivity index (χ4n) is 3.48. The predicted octanol–water partition coefficient (Wildman–Crippen LogP) is 2.77. The highest BCUT2D eigenvalue weighted by molar-refractivity contribution is 5.80. The summed E-state index contributed by atoms with van der Waals surface area (Å²) in [6.45, 7) is 5.29. The van der Waals surface area contributed by atoms with E-state index in [1.807, 2.05) is 31.4 Å². The van der Waals surface area contributed by atoms with Gasteiger partial charge in [-0.3, -0.25) is 4.99 Å². The van der Waals surface area contributed by atoms with Gasteiger partial charge in [0.15, 0.2) is 5.96 Å². The van der Waals surface area contributed by atoms with Crippen LogP contribution in [0.25, 0.3) is 0 Å². The third-order valence-electron chi connectivity index (χ3n) is 5.35. The number of aliphatic imine (C=N–C) groups is 1. The van der Waals surface area contributed by atoms with E-state index in [-0.39, 0.29) is 0 Å². The van der Waals surface area contributed by atoms with Gasteiger partial charge in [-0.2, -0.15) is 0 Å². The standard InChI is InChI=1S/C22H29N5O/c1-23-22(27-14-12-26(13-15-27)21-8-4-5-11-24-21)25-16-19-6-2-3-7-20(19)28-17-18-9-10-18/h2-8,11,18H,9-10,12-17H2,1H3,(H,23,25). The summed E-state index contributed by atoms with van der Waals surface area (Å²) in [6.07, 6.45) is 4.46. The molecule has 1 saturated heterocycles. The number of para-hydroxylation sites is 1. The quantitative estimate of drug-likeness (QED) is 0.618. The fourth-order valence-corrected chi connectivity index (χ4v) is 3.48. The molecule has 1 N–H and O–H groups in total. The smallest absolute Gasteiger partial charge is 0.194 e. The van der Waals surface area contributed by atoms with Crippen molar-refractivity contribution in [3.05, 3.63) is 54.2 Å². The number of rotatable bonds is 6. The van der Waals surface area contributed by atoms with Gasteiger partial charge in [-0.15, -0.1) is 0 Å². The van der Waals surface area contributed by atoms with Crippen LogP contribution in [0.15, 0.2) is 53.7 Å². The SMILES string of the molecule is CN=C(NCc1ccccc1OCC1CC1)N1CCN(c2ccccn2)CC1. The zero-order chi connectivity index (χ0) is 19.2. The number of hydrogen-bond donors (Lipinski definition) is 1. The van der Waals surface area contributed by atoms with Gasteiger partial charge in [0.05, 0.1) is 6.61 Å². The van der Waals surface area contributed by atoms with E-state index in [2.05, 4.69) is 49.4 Å². The van der Waals surface area contributed by atoms with Gasteiger partial charge < -0.3 is 19.9 Å². The molecular formula is C22H29N5O. The molecule has 1 aliphatic heterocycles. The Labute approximate surface area is 167 Å². The molecule has 6 heteroatoms. The summed E-state index contributed by atoms with van der Waals surface area (Å²) in [4.78, 5) is 13.6. The van der Waals surface area contributed by atoms with Gasteiger partial charge in [0.1, 0.15) is 11.6 Å². The number of guanidine groups is 1. The summed E-state index contributed by atoms with van der Waals surface area (Å²) in [5.41, 5.74) is 1.18. The van der Waals surface area contributed by atoms with Gasteiger partial charge in [-0.05, 0) is 37.0 Å². The van der Waals surface area contributed by atoms with Crippen LogP contribution in [0.3, 0.4) is 0 Å². The first-order valence-electron chi connectivity index (χ1n) is 10.2. The summed E-state index contributed by atoms with van der Waals surface area (Å²) in [5, 5.41) is 3.52. The van der Waals surface area contributed by atoms with Gasteiger partial charge in [0.2, 0.25) is 0 Å². The molecule has 0 atom stereocenters. The molecule has 2 fully saturated rings. The van der Waals surface area contributed by atoms with E-state index in [0.717, 1.165) is 56.2 Å². The maximum absolute atomic E-state index is 6.03. The van der Waals surface area contributed by atoms with Crippen molar-refractivity contribution >= 4 is 11.8 Å². The van der Waals surface area contributed by atoms with E-state index < -0.39 is 0 Å². The van der Waals surface area contributed by atoms with E-state index >= 15 is 0 Å². The van der Waals surface area contributed by atoms with E-state index in [1.54, 1.807) is 0 Å². The molecule has 2 heterocycles. The van der Waals surface area contributed by atoms with Crippen molar-refractivity contribution in [2.75, 3.05) is 44.7 Å². The summed E-state index contributed by atoms with van der Waals surface area (Å²) < 4.78 is 6.03. The number of ether oxygens (including phenoxy) is 1. The Hall–Kier alpha value is -2.76. The molecule has 0 amide bonds. The van der Waals surface area contributed by atoms with Crippen LogP contribution in [0.4, 0.5) is 5.82 Å². The molecule has 1 aromatic heterocycles. The van der Waals surface area contributed by atoms with E-state index in [0.29, 0.717) is 6.54 Å². The molecule has 2 aromatic rings. The second-order valence-electron chi connectivity index (χ2n) is 7.42. The van der Waals surface area contributed by atoms with Crippen LogP contribution in [0.2, 0.25) is 0 Å². The lowest BCUT2D eigenvalue weighted by atomic mass is 10.2. The fraction of sp³-hybridized carbons (Fsp3) is 0.455. The Bertz CT molecular complexity index is 783. The largest absolute Gasteiger partial charge is 0.493 e. The van der Waals surface area contributed by atoms with Gasteiger partial charge in [-0.25, -0.2) is 4.98 Å². The molecule has 1 saturated carbocycles. The molecule has 4 rings (SSSR count). The highest BCUT2D eigenvalue weighted by atomic mass is 16.5. The van der Waals surface area contributed by atoms with E-state index in [9.17, 15) is 0 Å². The molecule has 148 valence electrons. The van der Waals surface area contributed by atoms with Crippen molar-refractivity contribution in [1.29, 1.82) is 0 Å². The second kappa shape index (κ2) is 8.95. The topological polar surface area (TPSA) is 53.0 Å². The molecule has 0 unspecified atom stereocenters. The van der Waals surface area contributed by atoms with Crippen molar-refractivity contribution in [3.8, 4) is 5.75 Å². The van der Waals surface area contributed by atoms with Crippen LogP contribution in [0.1, 0.15) is 18.4 Å². The maximum Gasteiger partial charge on any atom is 0.194 e. The molecule has 1 aromatic carbocycles. The average Bonchev–Trinajstić information content (AvgIpc) is 3.59.